The molecule has 0 aromatic heterocycles. The molecule has 0 aliphatic carbocycles. The monoisotopic (exact) mass is 259 g/mol. The molecule has 0 spiro atoms. The Hall–Kier alpha value is -1.96. The van der Waals surface area contributed by atoms with E-state index in [4.69, 9.17) is 5.11 Å². The summed E-state index contributed by atoms with van der Waals surface area (Å²) < 4.78 is 4.67. The summed E-state index contributed by atoms with van der Waals surface area (Å²) in [6, 6.07) is -1.33. The van der Waals surface area contributed by atoms with Crippen molar-refractivity contribution >= 4 is 12.0 Å². The van der Waals surface area contributed by atoms with Crippen LogP contribution in [0, 0.1) is 4.91 Å². The van der Waals surface area contributed by atoms with Crippen LogP contribution in [0.1, 0.15) is 13.3 Å². The molecular weight excluding hydrogens is 242 g/mol. The molecule has 0 heterocycles. The van der Waals surface area contributed by atoms with Gasteiger partial charge in [0.2, 0.25) is 0 Å². The van der Waals surface area contributed by atoms with Crippen molar-refractivity contribution in [2.24, 2.45) is 5.18 Å². The van der Waals surface area contributed by atoms with Crippen molar-refractivity contribution in [2.75, 3.05) is 19.7 Å². The normalized spacial score (nSPS) is 11.2. The van der Waals surface area contributed by atoms with E-state index >= 15 is 0 Å². The van der Waals surface area contributed by atoms with E-state index in [0.717, 1.165) is 0 Å². The van der Waals surface area contributed by atoms with Crippen LogP contribution in [0.25, 0.3) is 0 Å². The molecule has 0 saturated heterocycles. The van der Waals surface area contributed by atoms with Crippen LogP contribution in [-0.2, 0) is 9.53 Å². The number of allylic oxidation sites excluding steroid dienone is 1. The van der Waals surface area contributed by atoms with Gasteiger partial charge >= 0.3 is 12.0 Å². The Morgan fingerprint density at radius 1 is 1.50 bits per heavy atom. The molecule has 0 aromatic rings. The maximum absolute atomic E-state index is 11.2. The third kappa shape index (κ3) is 8.22. The van der Waals surface area contributed by atoms with Gasteiger partial charge in [-0.1, -0.05) is 11.8 Å². The Kier molecular flexibility index (Phi) is 8.12. The van der Waals surface area contributed by atoms with Gasteiger partial charge in [0, 0.05) is 6.54 Å². The number of amides is 2. The highest BCUT2D eigenvalue weighted by atomic mass is 16.5. The van der Waals surface area contributed by atoms with Gasteiger partial charge in [0.25, 0.3) is 0 Å². The number of ether oxygens (including phenoxy) is 1. The van der Waals surface area contributed by atoms with Crippen LogP contribution in [0.15, 0.2) is 17.5 Å². The lowest BCUT2D eigenvalue weighted by Crippen LogP contribution is -2.45. The summed E-state index contributed by atoms with van der Waals surface area (Å²) in [6.07, 6.45) is -0.00397. The summed E-state index contributed by atoms with van der Waals surface area (Å²) in [5.74, 6) is -0.224. The van der Waals surface area contributed by atoms with E-state index in [1.165, 1.54) is 6.92 Å². The SMILES string of the molecule is C=C(C)OC(=O)CCNC(=O)NC(CO)CN=O. The Labute approximate surface area is 104 Å². The van der Waals surface area contributed by atoms with Crippen molar-refractivity contribution in [3.63, 3.8) is 0 Å². The first-order valence-corrected chi connectivity index (χ1v) is 5.30. The van der Waals surface area contributed by atoms with Crippen LogP contribution in [0.3, 0.4) is 0 Å². The maximum Gasteiger partial charge on any atom is 0.315 e. The predicted molar refractivity (Wildman–Crippen MR) is 63.6 cm³/mol. The number of nitroso groups, excluding NO2 is 1. The number of esters is 1. The number of carbonyl (C=O) groups is 2. The zero-order chi connectivity index (χ0) is 14.0. The summed E-state index contributed by atoms with van der Waals surface area (Å²) in [6.45, 7) is 4.40. The summed E-state index contributed by atoms with van der Waals surface area (Å²) in [7, 11) is 0. The number of hydrogen-bond donors (Lipinski definition) is 3. The fourth-order valence-electron chi connectivity index (χ4n) is 0.999. The van der Waals surface area contributed by atoms with Crippen molar-refractivity contribution < 1.29 is 19.4 Å². The lowest BCUT2D eigenvalue weighted by molar-refractivity contribution is -0.139. The number of rotatable bonds is 8. The fraction of sp³-hybridized carbons (Fsp3) is 0.600. The average Bonchev–Trinajstić information content (AvgIpc) is 2.27. The Balaban J connectivity index is 3.79. The van der Waals surface area contributed by atoms with Gasteiger partial charge in [0.05, 0.1) is 24.8 Å². The van der Waals surface area contributed by atoms with Crippen LogP contribution in [-0.4, -0.2) is 42.8 Å². The van der Waals surface area contributed by atoms with Crippen LogP contribution >= 0.6 is 0 Å². The molecule has 1 unspecified atom stereocenters. The lowest BCUT2D eigenvalue weighted by Gasteiger charge is -2.13. The van der Waals surface area contributed by atoms with Gasteiger partial charge in [-0.05, 0) is 6.92 Å². The minimum absolute atomic E-state index is 0.00397. The molecule has 2 amide bonds. The van der Waals surface area contributed by atoms with E-state index in [1.54, 1.807) is 0 Å². The number of nitrogens with one attached hydrogen (secondary N) is 2. The van der Waals surface area contributed by atoms with Crippen molar-refractivity contribution in [3.8, 4) is 0 Å². The number of hydrogen-bond acceptors (Lipinski definition) is 6. The predicted octanol–water partition coefficient (Wildman–Crippen LogP) is -0.120. The number of aliphatic hydroxyl groups excluding tert-OH is 1. The van der Waals surface area contributed by atoms with Crippen molar-refractivity contribution in [3.05, 3.63) is 17.2 Å². The molecule has 102 valence electrons. The van der Waals surface area contributed by atoms with Crippen molar-refractivity contribution in [1.82, 2.24) is 10.6 Å². The minimum Gasteiger partial charge on any atom is -0.432 e. The zero-order valence-electron chi connectivity index (χ0n) is 10.1. The smallest absolute Gasteiger partial charge is 0.315 e. The largest absolute Gasteiger partial charge is 0.432 e. The number of aliphatic hydroxyl groups is 1. The highest BCUT2D eigenvalue weighted by Gasteiger charge is 2.11. The second kappa shape index (κ2) is 9.11. The molecule has 18 heavy (non-hydrogen) atoms. The third-order valence-electron chi connectivity index (χ3n) is 1.75. The van der Waals surface area contributed by atoms with Crippen LogP contribution < -0.4 is 10.6 Å². The number of nitrogens with zero attached hydrogens (tertiary/aromatic N) is 1. The van der Waals surface area contributed by atoms with E-state index in [9.17, 15) is 14.5 Å². The maximum atomic E-state index is 11.2. The van der Waals surface area contributed by atoms with E-state index < -0.39 is 24.6 Å². The molecule has 0 radical (unpaired) electrons. The molecule has 0 aliphatic rings. The van der Waals surface area contributed by atoms with Gasteiger partial charge in [-0.25, -0.2) is 4.79 Å². The summed E-state index contributed by atoms with van der Waals surface area (Å²) >= 11 is 0. The average molecular weight is 259 g/mol. The van der Waals surface area contributed by atoms with Gasteiger partial charge in [0.1, 0.15) is 6.54 Å². The number of urea groups is 1. The van der Waals surface area contributed by atoms with E-state index in [1.807, 2.05) is 0 Å². The molecular formula is C10H17N3O5. The van der Waals surface area contributed by atoms with Crippen LogP contribution in [0.5, 0.6) is 0 Å². The lowest BCUT2D eigenvalue weighted by atomic mass is 10.3. The van der Waals surface area contributed by atoms with Gasteiger partial charge in [0.15, 0.2) is 0 Å². The van der Waals surface area contributed by atoms with Gasteiger partial charge in [-0.15, -0.1) is 0 Å². The molecule has 0 aromatic carbocycles. The summed E-state index contributed by atoms with van der Waals surface area (Å²) in [5.41, 5.74) is 0. The standard InChI is InChI=1S/C10H17N3O5/c1-7(2)18-9(15)3-4-11-10(16)13-8(6-14)5-12-17/h8,14H,1,3-6H2,2H3,(H2,11,13,16). The Morgan fingerprint density at radius 2 is 2.17 bits per heavy atom. The molecule has 0 fully saturated rings. The van der Waals surface area contributed by atoms with Gasteiger partial charge < -0.3 is 20.5 Å². The van der Waals surface area contributed by atoms with Gasteiger partial charge in [-0.3, -0.25) is 4.79 Å². The molecule has 0 saturated carbocycles. The number of carbonyl (C=O) groups excluding carboxylic acids is 2. The van der Waals surface area contributed by atoms with Crippen LogP contribution in [0.2, 0.25) is 0 Å². The van der Waals surface area contributed by atoms with E-state index in [2.05, 4.69) is 27.1 Å². The van der Waals surface area contributed by atoms with Crippen molar-refractivity contribution in [2.45, 2.75) is 19.4 Å². The highest BCUT2D eigenvalue weighted by molar-refractivity contribution is 5.75. The molecule has 8 nitrogen and oxygen atoms in total. The molecule has 0 bridgehead atoms. The van der Waals surface area contributed by atoms with Gasteiger partial charge in [-0.2, -0.15) is 4.91 Å². The molecule has 0 rings (SSSR count). The second-order valence-electron chi connectivity index (χ2n) is 3.52. The first-order chi connectivity index (χ1) is 8.49. The molecule has 0 aliphatic heterocycles. The second-order valence-corrected chi connectivity index (χ2v) is 3.52. The Bertz CT molecular complexity index is 319. The van der Waals surface area contributed by atoms with Crippen molar-refractivity contribution in [1.29, 1.82) is 0 Å². The highest BCUT2D eigenvalue weighted by Crippen LogP contribution is 1.93. The zero-order valence-corrected chi connectivity index (χ0v) is 10.1. The topological polar surface area (TPSA) is 117 Å². The third-order valence-corrected chi connectivity index (χ3v) is 1.75. The molecule has 8 heteroatoms. The molecule has 1 atom stereocenters. The Morgan fingerprint density at radius 3 is 2.67 bits per heavy atom. The molecule has 3 N–H and O–H groups in total. The fourth-order valence-corrected chi connectivity index (χ4v) is 0.999. The van der Waals surface area contributed by atoms with E-state index in [-0.39, 0.29) is 25.3 Å². The quantitative estimate of drug-likeness (QED) is 0.319. The summed E-state index contributed by atoms with van der Waals surface area (Å²) in [4.78, 5) is 32.3. The van der Waals surface area contributed by atoms with Crippen LogP contribution in [0.4, 0.5) is 4.79 Å². The minimum atomic E-state index is -0.732. The first-order valence-electron chi connectivity index (χ1n) is 5.30. The van der Waals surface area contributed by atoms with E-state index in [0.29, 0.717) is 0 Å². The first kappa shape index (κ1) is 16.0. The summed E-state index contributed by atoms with van der Waals surface area (Å²) in [5, 5.41) is 16.1.